The van der Waals surface area contributed by atoms with Gasteiger partial charge in [-0.3, -0.25) is 9.52 Å². The van der Waals surface area contributed by atoms with Crippen molar-refractivity contribution in [2.24, 2.45) is 0 Å². The molecular formula is C9H11NO3S. The fourth-order valence-electron chi connectivity index (χ4n) is 1.06. The lowest BCUT2D eigenvalue weighted by atomic mass is 10.1. The normalized spacial score (nSPS) is 10.1. The molecule has 4 nitrogen and oxygen atoms in total. The predicted molar refractivity (Wildman–Crippen MR) is 53.2 cm³/mol. The average Bonchev–Trinajstić information content (AvgIpc) is 2.15. The van der Waals surface area contributed by atoms with E-state index in [1.807, 2.05) is 35.1 Å². The molecule has 0 saturated heterocycles. The summed E-state index contributed by atoms with van der Waals surface area (Å²) >= 11 is 0. The van der Waals surface area contributed by atoms with Crippen molar-refractivity contribution in [3.05, 3.63) is 35.9 Å². The summed E-state index contributed by atoms with van der Waals surface area (Å²) in [7, 11) is -2.82. The van der Waals surface area contributed by atoms with Crippen LogP contribution in [0.25, 0.3) is 0 Å². The Morgan fingerprint density at radius 1 is 1.21 bits per heavy atom. The smallest absolute Gasteiger partial charge is 0.233 e. The van der Waals surface area contributed by atoms with Gasteiger partial charge in [-0.1, -0.05) is 30.3 Å². The van der Waals surface area contributed by atoms with Crippen molar-refractivity contribution in [3.8, 4) is 0 Å². The highest BCUT2D eigenvalue weighted by Gasteiger charge is 2.01. The van der Waals surface area contributed by atoms with E-state index < -0.39 is 16.8 Å². The van der Waals surface area contributed by atoms with Gasteiger partial charge in [0.05, 0.1) is 0 Å². The zero-order chi connectivity index (χ0) is 10.4. The van der Waals surface area contributed by atoms with Crippen LogP contribution in [0.2, 0.25) is 0 Å². The van der Waals surface area contributed by atoms with Gasteiger partial charge >= 0.3 is 0 Å². The monoisotopic (exact) mass is 213 g/mol. The van der Waals surface area contributed by atoms with Crippen molar-refractivity contribution in [2.45, 2.75) is 12.8 Å². The van der Waals surface area contributed by atoms with E-state index in [4.69, 9.17) is 0 Å². The van der Waals surface area contributed by atoms with E-state index in [1.54, 1.807) is 0 Å². The zero-order valence-corrected chi connectivity index (χ0v) is 8.37. The first-order valence-corrected chi connectivity index (χ1v) is 5.34. The van der Waals surface area contributed by atoms with Crippen LogP contribution in [0.3, 0.4) is 0 Å². The van der Waals surface area contributed by atoms with Gasteiger partial charge < -0.3 is 0 Å². The molecule has 0 aliphatic heterocycles. The van der Waals surface area contributed by atoms with Gasteiger partial charge in [0.2, 0.25) is 16.8 Å². The van der Waals surface area contributed by atoms with Crippen molar-refractivity contribution in [1.29, 1.82) is 0 Å². The maximum atomic E-state index is 10.9. The van der Waals surface area contributed by atoms with Gasteiger partial charge in [0.25, 0.3) is 0 Å². The quantitative estimate of drug-likeness (QED) is 0.705. The van der Waals surface area contributed by atoms with Gasteiger partial charge in [-0.25, -0.2) is 8.42 Å². The number of nitrogens with one attached hydrogen (secondary N) is 1. The minimum absolute atomic E-state index is 0.188. The van der Waals surface area contributed by atoms with Crippen LogP contribution in [0.15, 0.2) is 30.3 Å². The van der Waals surface area contributed by atoms with Crippen molar-refractivity contribution in [1.82, 2.24) is 4.72 Å². The molecule has 14 heavy (non-hydrogen) atoms. The molecular weight excluding hydrogens is 202 g/mol. The molecule has 0 aliphatic carbocycles. The molecule has 0 fully saturated rings. The largest absolute Gasteiger partial charge is 0.274 e. The molecule has 0 atom stereocenters. The highest BCUT2D eigenvalue weighted by Crippen LogP contribution is 2.01. The fourth-order valence-corrected chi connectivity index (χ4v) is 1.38. The number of amides is 1. The van der Waals surface area contributed by atoms with Gasteiger partial charge in [0, 0.05) is 6.42 Å². The van der Waals surface area contributed by atoms with E-state index in [9.17, 15) is 13.2 Å². The van der Waals surface area contributed by atoms with Gasteiger partial charge in [-0.2, -0.15) is 0 Å². The molecule has 1 rings (SSSR count). The van der Waals surface area contributed by atoms with Crippen molar-refractivity contribution < 1.29 is 13.2 Å². The van der Waals surface area contributed by atoms with Gasteiger partial charge in [0.15, 0.2) is 0 Å². The molecule has 0 radical (unpaired) electrons. The number of hydrogen-bond acceptors (Lipinski definition) is 3. The van der Waals surface area contributed by atoms with Gasteiger partial charge in [-0.15, -0.1) is 0 Å². The molecule has 0 bridgehead atoms. The lowest BCUT2D eigenvalue weighted by Crippen LogP contribution is -2.21. The van der Waals surface area contributed by atoms with Crippen molar-refractivity contribution >= 4 is 16.8 Å². The van der Waals surface area contributed by atoms with Crippen LogP contribution in [-0.4, -0.2) is 14.3 Å². The standard InChI is InChI=1S/C9H11NO3S/c11-9(10-14(12)13)7-6-8-4-2-1-3-5-8/h1-5,14H,6-7H2,(H,10,11,12,13). The molecule has 1 amide bonds. The summed E-state index contributed by atoms with van der Waals surface area (Å²) in [4.78, 5) is 10.9. The molecule has 5 heteroatoms. The third kappa shape index (κ3) is 4.04. The van der Waals surface area contributed by atoms with Gasteiger partial charge in [-0.05, 0) is 12.0 Å². The summed E-state index contributed by atoms with van der Waals surface area (Å²) in [6.45, 7) is 0. The van der Waals surface area contributed by atoms with Crippen molar-refractivity contribution in [2.75, 3.05) is 0 Å². The maximum Gasteiger partial charge on any atom is 0.233 e. The first kappa shape index (κ1) is 10.7. The highest BCUT2D eigenvalue weighted by atomic mass is 32.2. The Hall–Kier alpha value is -1.36. The Morgan fingerprint density at radius 3 is 2.43 bits per heavy atom. The number of carbonyl (C=O) groups is 1. The van der Waals surface area contributed by atoms with Crippen LogP contribution in [0.4, 0.5) is 0 Å². The highest BCUT2D eigenvalue weighted by molar-refractivity contribution is 7.71. The number of thiol groups is 1. The lowest BCUT2D eigenvalue weighted by molar-refractivity contribution is -0.119. The Morgan fingerprint density at radius 2 is 1.86 bits per heavy atom. The Labute approximate surface area is 84.0 Å². The Balaban J connectivity index is 2.38. The summed E-state index contributed by atoms with van der Waals surface area (Å²) < 4.78 is 22.1. The van der Waals surface area contributed by atoms with E-state index >= 15 is 0 Å². The van der Waals surface area contributed by atoms with Crippen LogP contribution in [0.5, 0.6) is 0 Å². The molecule has 76 valence electrons. The average molecular weight is 213 g/mol. The third-order valence-corrected chi connectivity index (χ3v) is 2.13. The number of hydrogen-bond donors (Lipinski definition) is 2. The molecule has 0 spiro atoms. The summed E-state index contributed by atoms with van der Waals surface area (Å²) in [6.07, 6.45) is 0.739. The Bertz CT molecular complexity index is 365. The lowest BCUT2D eigenvalue weighted by Gasteiger charge is -1.99. The Kier molecular flexibility index (Phi) is 4.12. The van der Waals surface area contributed by atoms with E-state index in [0.29, 0.717) is 6.42 Å². The third-order valence-electron chi connectivity index (χ3n) is 1.70. The van der Waals surface area contributed by atoms with Crippen LogP contribution >= 0.6 is 0 Å². The molecule has 1 aromatic rings. The van der Waals surface area contributed by atoms with Gasteiger partial charge in [0.1, 0.15) is 0 Å². The molecule has 0 unspecified atom stereocenters. The maximum absolute atomic E-state index is 10.9. The van der Waals surface area contributed by atoms with E-state index in [0.717, 1.165) is 5.56 Å². The van der Waals surface area contributed by atoms with Crippen LogP contribution in [0, 0.1) is 0 Å². The summed E-state index contributed by atoms with van der Waals surface area (Å²) in [5.41, 5.74) is 1.02. The molecule has 1 aromatic carbocycles. The zero-order valence-electron chi connectivity index (χ0n) is 7.47. The fraction of sp³-hybridized carbons (Fsp3) is 0.222. The first-order chi connectivity index (χ1) is 6.68. The second-order valence-electron chi connectivity index (χ2n) is 2.78. The summed E-state index contributed by atoms with van der Waals surface area (Å²) in [6, 6.07) is 9.43. The summed E-state index contributed by atoms with van der Waals surface area (Å²) in [5, 5.41) is 0. The molecule has 0 aromatic heterocycles. The second kappa shape index (κ2) is 5.39. The minimum Gasteiger partial charge on any atom is -0.274 e. The molecule has 0 heterocycles. The number of carbonyl (C=O) groups excluding carboxylic acids is 1. The molecule has 1 N–H and O–H groups in total. The van der Waals surface area contributed by atoms with Crippen molar-refractivity contribution in [3.63, 3.8) is 0 Å². The number of rotatable bonds is 4. The van der Waals surface area contributed by atoms with Crippen LogP contribution in [-0.2, 0) is 22.1 Å². The summed E-state index contributed by atoms with van der Waals surface area (Å²) in [5.74, 6) is -0.468. The topological polar surface area (TPSA) is 63.2 Å². The predicted octanol–water partition coefficient (Wildman–Crippen LogP) is 0.262. The van der Waals surface area contributed by atoms with E-state index in [1.165, 1.54) is 0 Å². The van der Waals surface area contributed by atoms with E-state index in [2.05, 4.69) is 0 Å². The molecule has 0 saturated carbocycles. The number of aryl methyl sites for hydroxylation is 1. The second-order valence-corrected chi connectivity index (χ2v) is 3.52. The first-order valence-electron chi connectivity index (χ1n) is 4.16. The van der Waals surface area contributed by atoms with Crippen LogP contribution < -0.4 is 4.72 Å². The van der Waals surface area contributed by atoms with Crippen LogP contribution in [0.1, 0.15) is 12.0 Å². The SMILES string of the molecule is O=C(CCc1ccccc1)N[SH](=O)=O. The minimum atomic E-state index is -2.82. The van der Waals surface area contributed by atoms with E-state index in [-0.39, 0.29) is 6.42 Å². The number of benzene rings is 1. The molecule has 0 aliphatic rings.